The number of allylic oxidation sites excluding steroid dienone is 2. The van der Waals surface area contributed by atoms with Gasteiger partial charge in [-0.15, -0.1) is 0 Å². The van der Waals surface area contributed by atoms with Crippen molar-refractivity contribution in [1.29, 1.82) is 0 Å². The molecule has 1 aromatic carbocycles. The Morgan fingerprint density at radius 2 is 1.92 bits per heavy atom. The molecule has 0 fully saturated rings. The number of Topliss-reactive ketones (excluding diaryl/α,β-unsaturated/α-hetero) is 1. The topological polar surface area (TPSA) is 55.7 Å². The Balaban J connectivity index is 2.10. The molecule has 4 nitrogen and oxygen atoms in total. The van der Waals surface area contributed by atoms with Gasteiger partial charge < -0.3 is 4.74 Å². The number of carbonyl (C=O) groups is 2. The highest BCUT2D eigenvalue weighted by molar-refractivity contribution is 6.08. The minimum atomic E-state index is -0.536. The summed E-state index contributed by atoms with van der Waals surface area (Å²) in [7, 11) is 0. The second kappa shape index (κ2) is 7.56. The molecule has 2 atom stereocenters. The minimum Gasteiger partial charge on any atom is -0.462 e. The van der Waals surface area contributed by atoms with Gasteiger partial charge >= 0.3 is 5.97 Å². The summed E-state index contributed by atoms with van der Waals surface area (Å²) in [6.07, 6.45) is 2.92. The average molecular weight is 353 g/mol. The van der Waals surface area contributed by atoms with Crippen LogP contribution in [0.25, 0.3) is 0 Å². The summed E-state index contributed by atoms with van der Waals surface area (Å²) in [6.45, 7) is 7.67. The van der Waals surface area contributed by atoms with E-state index in [0.29, 0.717) is 6.42 Å². The van der Waals surface area contributed by atoms with Gasteiger partial charge in [0, 0.05) is 29.3 Å². The van der Waals surface area contributed by atoms with Gasteiger partial charge in [-0.3, -0.25) is 14.6 Å². The first-order valence-electron chi connectivity index (χ1n) is 9.53. The molecule has 0 aromatic heterocycles. The summed E-state index contributed by atoms with van der Waals surface area (Å²) in [5.74, 6) is -1.01. The van der Waals surface area contributed by atoms with Crippen molar-refractivity contribution in [2.75, 3.05) is 0 Å². The van der Waals surface area contributed by atoms with Crippen LogP contribution in [-0.2, 0) is 20.7 Å². The normalized spacial score (nSPS) is 23.0. The predicted molar refractivity (Wildman–Crippen MR) is 102 cm³/mol. The Kier molecular flexibility index (Phi) is 5.40. The van der Waals surface area contributed by atoms with E-state index in [1.165, 1.54) is 5.56 Å². The molecule has 0 radical (unpaired) electrons. The number of benzene rings is 1. The molecule has 1 heterocycles. The van der Waals surface area contributed by atoms with E-state index in [1.54, 1.807) is 0 Å². The number of carbonyl (C=O) groups excluding carboxylic acids is 2. The van der Waals surface area contributed by atoms with Crippen LogP contribution in [-0.4, -0.2) is 23.6 Å². The highest BCUT2D eigenvalue weighted by Gasteiger charge is 2.43. The SMILES string of the molecule is CCc1ccc([C@H]2C3=C(CCCC3=O)N=C(C)[C@H]2C(=O)OC(C)C)cc1. The Morgan fingerprint density at radius 3 is 2.54 bits per heavy atom. The Bertz CT molecular complexity index is 771. The molecule has 0 saturated carbocycles. The summed E-state index contributed by atoms with van der Waals surface area (Å²) in [6, 6.07) is 8.25. The third-order valence-corrected chi connectivity index (χ3v) is 5.19. The standard InChI is InChI=1S/C22H27NO3/c1-5-15-9-11-16(12-10-15)20-19(22(25)26-13(2)3)14(4)23-17-7-6-8-18(24)21(17)20/h9-13,19-20H,5-8H2,1-4H3/t19-,20-/m1/s1. The van der Waals surface area contributed by atoms with Crippen molar-refractivity contribution < 1.29 is 14.3 Å². The van der Waals surface area contributed by atoms with Crippen LogP contribution < -0.4 is 0 Å². The lowest BCUT2D eigenvalue weighted by molar-refractivity contribution is -0.150. The van der Waals surface area contributed by atoms with Gasteiger partial charge in [-0.1, -0.05) is 31.2 Å². The Hall–Kier alpha value is -2.23. The maximum Gasteiger partial charge on any atom is 0.315 e. The quantitative estimate of drug-likeness (QED) is 0.755. The number of aliphatic imine (C=N–C) groups is 1. The smallest absolute Gasteiger partial charge is 0.315 e. The molecule has 1 aromatic rings. The van der Waals surface area contributed by atoms with Crippen molar-refractivity contribution in [2.45, 2.75) is 65.4 Å². The number of ether oxygens (including phenoxy) is 1. The first-order chi connectivity index (χ1) is 12.4. The minimum absolute atomic E-state index is 0.120. The molecule has 1 aliphatic heterocycles. The molecule has 0 bridgehead atoms. The fourth-order valence-electron chi connectivity index (χ4n) is 3.94. The number of esters is 1. The van der Waals surface area contributed by atoms with E-state index in [1.807, 2.05) is 32.9 Å². The van der Waals surface area contributed by atoms with Crippen LogP contribution in [0.15, 0.2) is 40.5 Å². The van der Waals surface area contributed by atoms with Crippen LogP contribution >= 0.6 is 0 Å². The van der Waals surface area contributed by atoms with Crippen LogP contribution in [0.5, 0.6) is 0 Å². The van der Waals surface area contributed by atoms with Crippen molar-refractivity contribution in [1.82, 2.24) is 0 Å². The van der Waals surface area contributed by atoms with Crippen molar-refractivity contribution in [2.24, 2.45) is 10.9 Å². The molecule has 138 valence electrons. The molecule has 2 aliphatic rings. The van der Waals surface area contributed by atoms with Crippen molar-refractivity contribution in [3.8, 4) is 0 Å². The molecular formula is C22H27NO3. The average Bonchev–Trinajstić information content (AvgIpc) is 2.60. The van der Waals surface area contributed by atoms with Gasteiger partial charge in [0.05, 0.1) is 6.10 Å². The Labute approximate surface area is 155 Å². The van der Waals surface area contributed by atoms with Gasteiger partial charge in [-0.2, -0.15) is 0 Å². The lowest BCUT2D eigenvalue weighted by Gasteiger charge is -2.34. The molecular weight excluding hydrogens is 326 g/mol. The van der Waals surface area contributed by atoms with Crippen molar-refractivity contribution in [3.05, 3.63) is 46.7 Å². The third kappa shape index (κ3) is 3.50. The zero-order chi connectivity index (χ0) is 18.8. The molecule has 0 spiro atoms. The lowest BCUT2D eigenvalue weighted by atomic mass is 9.71. The summed E-state index contributed by atoms with van der Waals surface area (Å²) in [5.41, 5.74) is 4.55. The molecule has 4 heteroatoms. The number of hydrogen-bond donors (Lipinski definition) is 0. The summed E-state index contributed by atoms with van der Waals surface area (Å²) < 4.78 is 5.52. The highest BCUT2D eigenvalue weighted by atomic mass is 16.5. The molecule has 0 saturated heterocycles. The molecule has 3 rings (SSSR count). The predicted octanol–water partition coefficient (Wildman–Crippen LogP) is 4.38. The molecule has 0 unspecified atom stereocenters. The Morgan fingerprint density at radius 1 is 1.23 bits per heavy atom. The molecule has 0 amide bonds. The molecule has 1 aliphatic carbocycles. The highest BCUT2D eigenvalue weighted by Crippen LogP contribution is 2.43. The zero-order valence-corrected chi connectivity index (χ0v) is 16.0. The zero-order valence-electron chi connectivity index (χ0n) is 16.0. The van der Waals surface area contributed by atoms with Gasteiger partial charge in [-0.25, -0.2) is 0 Å². The fraction of sp³-hybridized carbons (Fsp3) is 0.500. The second-order valence-corrected chi connectivity index (χ2v) is 7.43. The van der Waals surface area contributed by atoms with Gasteiger partial charge in [0.25, 0.3) is 0 Å². The summed E-state index contributed by atoms with van der Waals surface area (Å²) >= 11 is 0. The largest absolute Gasteiger partial charge is 0.462 e. The van der Waals surface area contributed by atoms with Crippen molar-refractivity contribution >= 4 is 17.5 Å². The maximum atomic E-state index is 12.9. The van der Waals surface area contributed by atoms with Crippen LogP contribution in [0.3, 0.4) is 0 Å². The van der Waals surface area contributed by atoms with E-state index >= 15 is 0 Å². The van der Waals surface area contributed by atoms with E-state index in [4.69, 9.17) is 4.74 Å². The van der Waals surface area contributed by atoms with Crippen molar-refractivity contribution in [3.63, 3.8) is 0 Å². The number of nitrogens with zero attached hydrogens (tertiary/aromatic N) is 1. The molecule has 0 N–H and O–H groups in total. The van der Waals surface area contributed by atoms with E-state index in [-0.39, 0.29) is 23.8 Å². The van der Waals surface area contributed by atoms with Crippen LogP contribution in [0.1, 0.15) is 64.0 Å². The van der Waals surface area contributed by atoms with E-state index < -0.39 is 5.92 Å². The van der Waals surface area contributed by atoms with Crippen LogP contribution in [0.2, 0.25) is 0 Å². The van der Waals surface area contributed by atoms with Gasteiger partial charge in [0.1, 0.15) is 5.92 Å². The number of ketones is 1. The monoisotopic (exact) mass is 353 g/mol. The third-order valence-electron chi connectivity index (χ3n) is 5.19. The number of rotatable bonds is 4. The molecule has 26 heavy (non-hydrogen) atoms. The second-order valence-electron chi connectivity index (χ2n) is 7.43. The van der Waals surface area contributed by atoms with Gasteiger partial charge in [0.15, 0.2) is 5.78 Å². The number of aryl methyl sites for hydroxylation is 1. The fourth-order valence-corrected chi connectivity index (χ4v) is 3.94. The van der Waals surface area contributed by atoms with E-state index in [2.05, 4.69) is 24.0 Å². The maximum absolute atomic E-state index is 12.9. The van der Waals surface area contributed by atoms with E-state index in [0.717, 1.165) is 41.8 Å². The number of hydrogen-bond acceptors (Lipinski definition) is 4. The first kappa shape index (κ1) is 18.6. The van der Waals surface area contributed by atoms with E-state index in [9.17, 15) is 9.59 Å². The lowest BCUT2D eigenvalue weighted by Crippen LogP contribution is -2.38. The first-order valence-corrected chi connectivity index (χ1v) is 9.53. The van der Waals surface area contributed by atoms with Crippen LogP contribution in [0, 0.1) is 5.92 Å². The van der Waals surface area contributed by atoms with Gasteiger partial charge in [0.2, 0.25) is 0 Å². The summed E-state index contributed by atoms with van der Waals surface area (Å²) in [4.78, 5) is 30.3. The van der Waals surface area contributed by atoms with Crippen LogP contribution in [0.4, 0.5) is 0 Å². The van der Waals surface area contributed by atoms with Gasteiger partial charge in [-0.05, 0) is 51.2 Å². The summed E-state index contributed by atoms with van der Waals surface area (Å²) in [5, 5.41) is 0.